The summed E-state index contributed by atoms with van der Waals surface area (Å²) in [5.41, 5.74) is 3.31. The van der Waals surface area contributed by atoms with Gasteiger partial charge in [-0.1, -0.05) is 12.1 Å². The molecule has 2 aromatic carbocycles. The SMILES string of the molecule is CCOC(=O)Cc1ccc(C(=O)n2c(C)c(CC(=O)OCC)c3cc(OC)ccc32)cc1. The topological polar surface area (TPSA) is 83.8 Å². The van der Waals surface area contributed by atoms with Crippen LogP contribution in [-0.2, 0) is 31.9 Å². The zero-order chi connectivity index (χ0) is 23.3. The van der Waals surface area contributed by atoms with Crippen molar-refractivity contribution in [1.29, 1.82) is 0 Å². The second-order valence-corrected chi connectivity index (χ2v) is 7.25. The zero-order valence-electron chi connectivity index (χ0n) is 18.8. The van der Waals surface area contributed by atoms with Crippen molar-refractivity contribution in [3.63, 3.8) is 0 Å². The van der Waals surface area contributed by atoms with Gasteiger partial charge in [-0.3, -0.25) is 19.0 Å². The largest absolute Gasteiger partial charge is 0.497 e. The van der Waals surface area contributed by atoms with E-state index >= 15 is 0 Å². The van der Waals surface area contributed by atoms with Crippen molar-refractivity contribution in [2.24, 2.45) is 0 Å². The van der Waals surface area contributed by atoms with Crippen LogP contribution in [0.3, 0.4) is 0 Å². The number of carbonyl (C=O) groups is 3. The van der Waals surface area contributed by atoms with Gasteiger partial charge in [0, 0.05) is 16.6 Å². The van der Waals surface area contributed by atoms with Crippen molar-refractivity contribution in [1.82, 2.24) is 4.57 Å². The van der Waals surface area contributed by atoms with Crippen LogP contribution in [0.2, 0.25) is 0 Å². The molecule has 1 aromatic heterocycles. The fraction of sp³-hybridized carbons (Fsp3) is 0.320. The van der Waals surface area contributed by atoms with Crippen LogP contribution in [0.5, 0.6) is 5.75 Å². The Morgan fingerprint density at radius 1 is 0.875 bits per heavy atom. The lowest BCUT2D eigenvalue weighted by atomic mass is 10.1. The van der Waals surface area contributed by atoms with Gasteiger partial charge in [-0.05, 0) is 62.2 Å². The fourth-order valence-corrected chi connectivity index (χ4v) is 3.70. The van der Waals surface area contributed by atoms with Gasteiger partial charge in [-0.25, -0.2) is 0 Å². The number of aromatic nitrogens is 1. The minimum absolute atomic E-state index is 0.0576. The highest BCUT2D eigenvalue weighted by Gasteiger charge is 2.22. The van der Waals surface area contributed by atoms with Gasteiger partial charge in [0.2, 0.25) is 0 Å². The second kappa shape index (κ2) is 10.1. The molecule has 7 heteroatoms. The molecule has 1 heterocycles. The third kappa shape index (κ3) is 4.82. The first-order chi connectivity index (χ1) is 15.4. The quantitative estimate of drug-likeness (QED) is 0.498. The Bertz CT molecular complexity index is 1140. The monoisotopic (exact) mass is 437 g/mol. The lowest BCUT2D eigenvalue weighted by Gasteiger charge is -2.09. The van der Waals surface area contributed by atoms with Gasteiger partial charge in [0.25, 0.3) is 5.91 Å². The lowest BCUT2D eigenvalue weighted by molar-refractivity contribution is -0.143. The predicted molar refractivity (Wildman–Crippen MR) is 120 cm³/mol. The van der Waals surface area contributed by atoms with Crippen molar-refractivity contribution in [2.75, 3.05) is 20.3 Å². The van der Waals surface area contributed by atoms with E-state index in [1.54, 1.807) is 55.9 Å². The first-order valence-corrected chi connectivity index (χ1v) is 10.5. The third-order valence-electron chi connectivity index (χ3n) is 5.23. The van der Waals surface area contributed by atoms with Crippen LogP contribution in [0.25, 0.3) is 10.9 Å². The minimum Gasteiger partial charge on any atom is -0.497 e. The average Bonchev–Trinajstić information content (AvgIpc) is 3.04. The molecule has 168 valence electrons. The molecule has 3 rings (SSSR count). The Kier molecular flexibility index (Phi) is 7.30. The lowest BCUT2D eigenvalue weighted by Crippen LogP contribution is -2.15. The summed E-state index contributed by atoms with van der Waals surface area (Å²) < 4.78 is 17.0. The number of hydrogen-bond acceptors (Lipinski definition) is 6. The van der Waals surface area contributed by atoms with E-state index in [2.05, 4.69) is 0 Å². The number of carbonyl (C=O) groups excluding carboxylic acids is 3. The maximum atomic E-state index is 13.4. The molecule has 0 radical (unpaired) electrons. The molecule has 0 aliphatic carbocycles. The number of rotatable bonds is 8. The van der Waals surface area contributed by atoms with Gasteiger partial charge in [0.15, 0.2) is 0 Å². The summed E-state index contributed by atoms with van der Waals surface area (Å²) >= 11 is 0. The number of fused-ring (bicyclic) bond motifs is 1. The molecule has 3 aromatic rings. The summed E-state index contributed by atoms with van der Waals surface area (Å²) in [6.07, 6.45) is 0.208. The van der Waals surface area contributed by atoms with Gasteiger partial charge in [-0.15, -0.1) is 0 Å². The van der Waals surface area contributed by atoms with E-state index in [4.69, 9.17) is 14.2 Å². The van der Waals surface area contributed by atoms with E-state index in [0.29, 0.717) is 29.1 Å². The highest BCUT2D eigenvalue weighted by molar-refractivity contribution is 6.05. The summed E-state index contributed by atoms with van der Waals surface area (Å²) in [7, 11) is 1.57. The summed E-state index contributed by atoms with van der Waals surface area (Å²) in [5.74, 6) is -0.254. The van der Waals surface area contributed by atoms with E-state index in [-0.39, 0.29) is 37.3 Å². The molecule has 0 aliphatic heterocycles. The molecule has 0 atom stereocenters. The molecule has 0 aliphatic rings. The number of hydrogen-bond donors (Lipinski definition) is 0. The molecule has 0 fully saturated rings. The van der Waals surface area contributed by atoms with E-state index in [0.717, 1.165) is 16.5 Å². The van der Waals surface area contributed by atoms with Crippen molar-refractivity contribution in [2.45, 2.75) is 33.6 Å². The molecule has 7 nitrogen and oxygen atoms in total. The van der Waals surface area contributed by atoms with E-state index in [1.165, 1.54) is 0 Å². The third-order valence-corrected chi connectivity index (χ3v) is 5.23. The first kappa shape index (κ1) is 23.1. The molecule has 0 unspecified atom stereocenters. The van der Waals surface area contributed by atoms with Crippen LogP contribution in [0, 0.1) is 6.92 Å². The van der Waals surface area contributed by atoms with E-state index in [9.17, 15) is 14.4 Å². The Morgan fingerprint density at radius 2 is 1.50 bits per heavy atom. The Hall–Kier alpha value is -3.61. The summed E-state index contributed by atoms with van der Waals surface area (Å²) in [5, 5.41) is 0.766. The maximum Gasteiger partial charge on any atom is 0.310 e. The summed E-state index contributed by atoms with van der Waals surface area (Å²) in [4.78, 5) is 37.3. The summed E-state index contributed by atoms with van der Waals surface area (Å²) in [6.45, 7) is 5.95. The maximum absolute atomic E-state index is 13.4. The summed E-state index contributed by atoms with van der Waals surface area (Å²) in [6, 6.07) is 12.3. The molecule has 0 bridgehead atoms. The molecular formula is C25H27NO6. The Morgan fingerprint density at radius 3 is 2.09 bits per heavy atom. The minimum atomic E-state index is -0.353. The Balaban J connectivity index is 2.00. The molecule has 0 saturated carbocycles. The number of esters is 2. The van der Waals surface area contributed by atoms with Crippen LogP contribution < -0.4 is 4.74 Å². The molecule has 0 spiro atoms. The molecule has 32 heavy (non-hydrogen) atoms. The van der Waals surface area contributed by atoms with Gasteiger partial charge in [0.05, 0.1) is 38.7 Å². The molecule has 0 N–H and O–H groups in total. The van der Waals surface area contributed by atoms with Crippen molar-refractivity contribution >= 4 is 28.7 Å². The van der Waals surface area contributed by atoms with Crippen molar-refractivity contribution < 1.29 is 28.6 Å². The van der Waals surface area contributed by atoms with Crippen LogP contribution in [0.15, 0.2) is 42.5 Å². The van der Waals surface area contributed by atoms with Crippen LogP contribution in [0.4, 0.5) is 0 Å². The van der Waals surface area contributed by atoms with Crippen LogP contribution in [-0.4, -0.2) is 42.7 Å². The first-order valence-electron chi connectivity index (χ1n) is 10.5. The number of ether oxygens (including phenoxy) is 3. The highest BCUT2D eigenvalue weighted by atomic mass is 16.5. The smallest absolute Gasteiger partial charge is 0.310 e. The number of benzene rings is 2. The molecule has 0 saturated heterocycles. The van der Waals surface area contributed by atoms with Crippen molar-refractivity contribution in [3.8, 4) is 5.75 Å². The second-order valence-electron chi connectivity index (χ2n) is 7.25. The normalized spacial score (nSPS) is 10.8. The predicted octanol–water partition coefficient (Wildman–Crippen LogP) is 3.86. The van der Waals surface area contributed by atoms with E-state index < -0.39 is 0 Å². The number of methoxy groups -OCH3 is 1. The number of nitrogens with zero attached hydrogens (tertiary/aromatic N) is 1. The fourth-order valence-electron chi connectivity index (χ4n) is 3.70. The van der Waals surface area contributed by atoms with Gasteiger partial charge < -0.3 is 14.2 Å². The van der Waals surface area contributed by atoms with Gasteiger partial charge in [-0.2, -0.15) is 0 Å². The standard InChI is InChI=1S/C25H27NO6/c1-5-31-23(27)13-17-7-9-18(10-8-17)25(29)26-16(3)20(15-24(28)32-6-2)21-14-19(30-4)11-12-22(21)26/h7-12,14H,5-6,13,15H2,1-4H3. The van der Waals surface area contributed by atoms with Crippen LogP contribution >= 0.6 is 0 Å². The van der Waals surface area contributed by atoms with Crippen molar-refractivity contribution in [3.05, 3.63) is 64.8 Å². The average molecular weight is 437 g/mol. The Labute approximate surface area is 186 Å². The van der Waals surface area contributed by atoms with Crippen LogP contribution in [0.1, 0.15) is 41.0 Å². The molecular weight excluding hydrogens is 410 g/mol. The van der Waals surface area contributed by atoms with Gasteiger partial charge in [0.1, 0.15) is 5.75 Å². The highest BCUT2D eigenvalue weighted by Crippen LogP contribution is 2.31. The van der Waals surface area contributed by atoms with E-state index in [1.807, 2.05) is 19.1 Å². The zero-order valence-corrected chi connectivity index (χ0v) is 18.8. The van der Waals surface area contributed by atoms with Gasteiger partial charge >= 0.3 is 11.9 Å². The molecule has 0 amide bonds.